The molecule has 4 nitrogen and oxygen atoms in total. The Kier molecular flexibility index (Phi) is 28.6. The van der Waals surface area contributed by atoms with Gasteiger partial charge in [0.15, 0.2) is 0 Å². The van der Waals surface area contributed by atoms with Crippen LogP contribution in [0.25, 0.3) is 0 Å². The van der Waals surface area contributed by atoms with Crippen molar-refractivity contribution in [3.05, 3.63) is 48.6 Å². The van der Waals surface area contributed by atoms with Crippen molar-refractivity contribution in [3.63, 3.8) is 0 Å². The summed E-state index contributed by atoms with van der Waals surface area (Å²) < 4.78 is 0. The van der Waals surface area contributed by atoms with E-state index < -0.39 is 12.1 Å². The van der Waals surface area contributed by atoms with Gasteiger partial charge in [-0.3, -0.25) is 4.79 Å². The Morgan fingerprint density at radius 2 is 1.11 bits per heavy atom. The zero-order chi connectivity index (χ0) is 27.9. The smallest absolute Gasteiger partial charge is 0.220 e. The number of carbonyl (C=O) groups is 1. The van der Waals surface area contributed by atoms with Crippen LogP contribution in [0.3, 0.4) is 0 Å². The minimum Gasteiger partial charge on any atom is -0.394 e. The highest BCUT2D eigenvalue weighted by Gasteiger charge is 2.19. The lowest BCUT2D eigenvalue weighted by Gasteiger charge is -2.22. The Bertz CT molecular complexity index is 623. The third kappa shape index (κ3) is 26.0. The highest BCUT2D eigenvalue weighted by Crippen LogP contribution is 2.14. The van der Waals surface area contributed by atoms with Crippen molar-refractivity contribution >= 4 is 5.91 Å². The number of amides is 1. The Morgan fingerprint density at radius 3 is 1.58 bits per heavy atom. The second-order valence-corrected chi connectivity index (χ2v) is 10.5. The van der Waals surface area contributed by atoms with E-state index >= 15 is 0 Å². The Hall–Kier alpha value is -1.65. The fourth-order valence-corrected chi connectivity index (χ4v) is 4.43. The van der Waals surface area contributed by atoms with E-state index in [9.17, 15) is 15.0 Å². The summed E-state index contributed by atoms with van der Waals surface area (Å²) in [7, 11) is 0. The summed E-state index contributed by atoms with van der Waals surface area (Å²) in [5.41, 5.74) is 0. The summed E-state index contributed by atoms with van der Waals surface area (Å²) in [6, 6.07) is -0.572. The van der Waals surface area contributed by atoms with Crippen LogP contribution >= 0.6 is 0 Å². The highest BCUT2D eigenvalue weighted by atomic mass is 16.3. The minimum atomic E-state index is -0.686. The van der Waals surface area contributed by atoms with E-state index in [1.165, 1.54) is 70.6 Å². The molecule has 2 atom stereocenters. The van der Waals surface area contributed by atoms with E-state index in [0.717, 1.165) is 38.5 Å². The maximum atomic E-state index is 12.2. The molecule has 0 spiro atoms. The number of allylic oxidation sites excluding steroid dienone is 8. The van der Waals surface area contributed by atoms with E-state index in [0.29, 0.717) is 19.3 Å². The van der Waals surface area contributed by atoms with E-state index in [1.54, 1.807) is 0 Å². The number of hydrogen-bond donors (Lipinski definition) is 3. The van der Waals surface area contributed by atoms with Crippen molar-refractivity contribution in [3.8, 4) is 0 Å². The average molecular weight is 532 g/mol. The van der Waals surface area contributed by atoms with E-state index in [-0.39, 0.29) is 12.5 Å². The van der Waals surface area contributed by atoms with Crippen LogP contribution in [0.15, 0.2) is 48.6 Å². The van der Waals surface area contributed by atoms with Gasteiger partial charge in [0.25, 0.3) is 0 Å². The minimum absolute atomic E-state index is 0.115. The molecule has 38 heavy (non-hydrogen) atoms. The number of carbonyl (C=O) groups excluding carboxylic acids is 1. The molecule has 0 aromatic heterocycles. The van der Waals surface area contributed by atoms with Gasteiger partial charge < -0.3 is 15.5 Å². The molecule has 220 valence electrons. The summed E-state index contributed by atoms with van der Waals surface area (Å²) in [5.74, 6) is -0.115. The van der Waals surface area contributed by atoms with Crippen LogP contribution in [0.1, 0.15) is 142 Å². The van der Waals surface area contributed by atoms with Gasteiger partial charge in [-0.1, -0.05) is 146 Å². The van der Waals surface area contributed by atoms with Crippen LogP contribution in [0.4, 0.5) is 0 Å². The molecule has 0 saturated heterocycles. The maximum Gasteiger partial charge on any atom is 0.220 e. The molecule has 0 aliphatic carbocycles. The Morgan fingerprint density at radius 1 is 0.658 bits per heavy atom. The van der Waals surface area contributed by atoms with Crippen LogP contribution in [0.2, 0.25) is 0 Å². The van der Waals surface area contributed by atoms with Gasteiger partial charge in [0, 0.05) is 6.42 Å². The molecule has 0 bridgehead atoms. The van der Waals surface area contributed by atoms with Crippen molar-refractivity contribution < 1.29 is 15.0 Å². The summed E-state index contributed by atoms with van der Waals surface area (Å²) in [6.45, 7) is 4.18. The molecule has 0 heterocycles. The van der Waals surface area contributed by atoms with E-state index in [4.69, 9.17) is 0 Å². The number of unbranched alkanes of at least 4 members (excludes halogenated alkanes) is 12. The fourth-order valence-electron chi connectivity index (χ4n) is 4.43. The first kappa shape index (κ1) is 36.4. The van der Waals surface area contributed by atoms with Gasteiger partial charge in [0.2, 0.25) is 5.91 Å². The molecule has 0 aliphatic heterocycles. The van der Waals surface area contributed by atoms with Crippen molar-refractivity contribution in [2.24, 2.45) is 0 Å². The molecule has 0 aliphatic rings. The maximum absolute atomic E-state index is 12.2. The van der Waals surface area contributed by atoms with Crippen LogP contribution < -0.4 is 5.32 Å². The second-order valence-electron chi connectivity index (χ2n) is 10.5. The number of nitrogens with one attached hydrogen (secondary N) is 1. The van der Waals surface area contributed by atoms with Crippen molar-refractivity contribution in [1.82, 2.24) is 5.32 Å². The summed E-state index contributed by atoms with van der Waals surface area (Å²) >= 11 is 0. The summed E-state index contributed by atoms with van der Waals surface area (Å²) in [5, 5.41) is 22.9. The molecule has 2 unspecified atom stereocenters. The van der Waals surface area contributed by atoms with Crippen molar-refractivity contribution in [2.75, 3.05) is 6.61 Å². The summed E-state index contributed by atoms with van der Waals surface area (Å²) in [6.07, 6.45) is 38.8. The molecule has 1 amide bonds. The summed E-state index contributed by atoms with van der Waals surface area (Å²) in [4.78, 5) is 12.2. The highest BCUT2D eigenvalue weighted by molar-refractivity contribution is 5.76. The zero-order valence-electron chi connectivity index (χ0n) is 24.9. The normalized spacial score (nSPS) is 13.9. The molecule has 0 saturated carbocycles. The zero-order valence-corrected chi connectivity index (χ0v) is 24.9. The lowest BCUT2D eigenvalue weighted by atomic mass is 10.0. The Balaban J connectivity index is 3.75. The molecule has 0 fully saturated rings. The quantitative estimate of drug-likeness (QED) is 0.0732. The molecule has 4 heteroatoms. The van der Waals surface area contributed by atoms with Gasteiger partial charge in [-0.15, -0.1) is 0 Å². The monoisotopic (exact) mass is 531 g/mol. The van der Waals surface area contributed by atoms with Crippen LogP contribution in [-0.2, 0) is 4.79 Å². The molecule has 0 rings (SSSR count). The topological polar surface area (TPSA) is 69.6 Å². The molecular formula is C34H61NO3. The van der Waals surface area contributed by atoms with Crippen molar-refractivity contribution in [2.45, 2.75) is 154 Å². The average Bonchev–Trinajstić information content (AvgIpc) is 2.92. The first-order chi connectivity index (χ1) is 18.7. The first-order valence-corrected chi connectivity index (χ1v) is 15.8. The predicted octanol–water partition coefficient (Wildman–Crippen LogP) is 8.89. The first-order valence-electron chi connectivity index (χ1n) is 15.8. The standard InChI is InChI=1S/C34H61NO3/c1-3-5-7-9-11-13-15-17-19-21-23-25-27-29-33(37)32(31-36)35-34(38)30-28-26-24-22-20-18-16-14-12-10-8-6-4-2/h6,8,12,14,18,20,24,26,32-33,36-37H,3-5,7,9-11,13,15-17,19,21-23,25,27-31H2,1-2H3,(H,35,38)/b8-6-,14-12-,20-18-,26-24-. The number of aliphatic hydroxyl groups is 2. The number of aliphatic hydroxyl groups excluding tert-OH is 2. The fraction of sp³-hybridized carbons (Fsp3) is 0.735. The third-order valence-electron chi connectivity index (χ3n) is 6.87. The molecule has 0 radical (unpaired) electrons. The number of hydrogen-bond acceptors (Lipinski definition) is 3. The number of rotatable bonds is 27. The molecule has 0 aromatic rings. The van der Waals surface area contributed by atoms with Gasteiger partial charge >= 0.3 is 0 Å². The molecular weight excluding hydrogens is 470 g/mol. The molecule has 3 N–H and O–H groups in total. The lowest BCUT2D eigenvalue weighted by Crippen LogP contribution is -2.45. The Labute approximate surface area is 235 Å². The largest absolute Gasteiger partial charge is 0.394 e. The van der Waals surface area contributed by atoms with Crippen LogP contribution in [0.5, 0.6) is 0 Å². The lowest BCUT2D eigenvalue weighted by molar-refractivity contribution is -0.123. The second kappa shape index (κ2) is 29.9. The van der Waals surface area contributed by atoms with Gasteiger partial charge in [-0.05, 0) is 38.5 Å². The van der Waals surface area contributed by atoms with E-state index in [2.05, 4.69) is 61.7 Å². The van der Waals surface area contributed by atoms with Crippen LogP contribution in [0, 0.1) is 0 Å². The van der Waals surface area contributed by atoms with Gasteiger partial charge in [0.05, 0.1) is 18.8 Å². The third-order valence-corrected chi connectivity index (χ3v) is 6.87. The van der Waals surface area contributed by atoms with Gasteiger partial charge in [-0.25, -0.2) is 0 Å². The van der Waals surface area contributed by atoms with E-state index in [1.807, 2.05) is 6.08 Å². The van der Waals surface area contributed by atoms with Gasteiger partial charge in [0.1, 0.15) is 0 Å². The van der Waals surface area contributed by atoms with Crippen molar-refractivity contribution in [1.29, 1.82) is 0 Å². The molecule has 0 aromatic carbocycles. The van der Waals surface area contributed by atoms with Crippen LogP contribution in [-0.4, -0.2) is 34.9 Å². The SMILES string of the molecule is CC/C=C\C/C=C\C/C=C\C/C=C\CCC(=O)NC(CO)C(O)CCCCCCCCCCCCCCC. The predicted molar refractivity (Wildman–Crippen MR) is 165 cm³/mol. The van der Waals surface area contributed by atoms with Gasteiger partial charge in [-0.2, -0.15) is 0 Å².